The second-order valence-corrected chi connectivity index (χ2v) is 7.24. The molecule has 0 bridgehead atoms. The molecule has 1 spiro atoms. The van der Waals surface area contributed by atoms with E-state index in [9.17, 15) is 4.79 Å². The topological polar surface area (TPSA) is 32.3 Å². The van der Waals surface area contributed by atoms with Gasteiger partial charge in [-0.05, 0) is 44.8 Å². The number of thioether (sulfide) groups is 1. The Kier molecular flexibility index (Phi) is 2.90. The lowest BCUT2D eigenvalue weighted by molar-refractivity contribution is -0.132. The molecule has 0 aromatic rings. The highest BCUT2D eigenvalue weighted by Crippen LogP contribution is 2.45. The van der Waals surface area contributed by atoms with E-state index in [0.717, 1.165) is 18.1 Å². The SMILES string of the molecule is CCSC1CCC(N2C(=O)C3(CC3)NC2C)C1. The molecule has 3 nitrogen and oxygen atoms in total. The minimum absolute atomic E-state index is 0.130. The first-order valence-electron chi connectivity index (χ1n) is 6.88. The average molecular weight is 254 g/mol. The molecule has 2 aliphatic carbocycles. The lowest BCUT2D eigenvalue weighted by Gasteiger charge is -2.28. The molecule has 17 heavy (non-hydrogen) atoms. The quantitative estimate of drug-likeness (QED) is 0.836. The van der Waals surface area contributed by atoms with Gasteiger partial charge >= 0.3 is 0 Å². The van der Waals surface area contributed by atoms with Gasteiger partial charge in [0.2, 0.25) is 5.91 Å². The summed E-state index contributed by atoms with van der Waals surface area (Å²) in [6.07, 6.45) is 6.03. The number of hydrogen-bond donors (Lipinski definition) is 1. The van der Waals surface area contributed by atoms with Gasteiger partial charge in [0.1, 0.15) is 0 Å². The molecule has 3 unspecified atom stereocenters. The monoisotopic (exact) mass is 254 g/mol. The summed E-state index contributed by atoms with van der Waals surface area (Å²) in [5, 5.41) is 4.28. The number of carbonyl (C=O) groups is 1. The normalized spacial score (nSPS) is 39.3. The van der Waals surface area contributed by atoms with Gasteiger partial charge in [0.25, 0.3) is 0 Å². The minimum Gasteiger partial charge on any atom is -0.323 e. The third kappa shape index (κ3) is 1.89. The number of carbonyl (C=O) groups excluding carboxylic acids is 1. The number of nitrogens with one attached hydrogen (secondary N) is 1. The van der Waals surface area contributed by atoms with E-state index in [1.165, 1.54) is 25.0 Å². The highest BCUT2D eigenvalue weighted by Gasteiger charge is 2.59. The molecule has 3 fully saturated rings. The zero-order valence-electron chi connectivity index (χ0n) is 10.7. The Hall–Kier alpha value is -0.220. The summed E-state index contributed by atoms with van der Waals surface area (Å²) in [4.78, 5) is 14.6. The summed E-state index contributed by atoms with van der Waals surface area (Å²) in [5.74, 6) is 1.58. The van der Waals surface area contributed by atoms with E-state index in [1.807, 2.05) is 0 Å². The van der Waals surface area contributed by atoms with Gasteiger partial charge in [0, 0.05) is 11.3 Å². The van der Waals surface area contributed by atoms with E-state index >= 15 is 0 Å². The molecule has 3 atom stereocenters. The van der Waals surface area contributed by atoms with E-state index in [-0.39, 0.29) is 11.7 Å². The Morgan fingerprint density at radius 3 is 2.82 bits per heavy atom. The van der Waals surface area contributed by atoms with Gasteiger partial charge in [-0.25, -0.2) is 0 Å². The van der Waals surface area contributed by atoms with Crippen LogP contribution < -0.4 is 5.32 Å². The van der Waals surface area contributed by atoms with Crippen LogP contribution in [-0.4, -0.2) is 39.6 Å². The van der Waals surface area contributed by atoms with Crippen molar-refractivity contribution in [2.75, 3.05) is 5.75 Å². The lowest BCUT2D eigenvalue weighted by Crippen LogP contribution is -2.42. The average Bonchev–Trinajstić information content (AvgIpc) is 2.85. The molecule has 4 heteroatoms. The van der Waals surface area contributed by atoms with Crippen molar-refractivity contribution in [1.29, 1.82) is 0 Å². The zero-order valence-corrected chi connectivity index (χ0v) is 11.6. The molecule has 2 saturated carbocycles. The molecular formula is C13H22N2OS. The van der Waals surface area contributed by atoms with Crippen LogP contribution in [0.2, 0.25) is 0 Å². The van der Waals surface area contributed by atoms with Crippen LogP contribution in [0, 0.1) is 0 Å². The number of nitrogens with zero attached hydrogens (tertiary/aromatic N) is 1. The Balaban J connectivity index is 1.67. The Labute approximate surface area is 108 Å². The van der Waals surface area contributed by atoms with Gasteiger partial charge in [-0.1, -0.05) is 6.92 Å². The molecule has 0 radical (unpaired) electrons. The van der Waals surface area contributed by atoms with E-state index in [1.54, 1.807) is 0 Å². The summed E-state index contributed by atoms with van der Waals surface area (Å²) in [7, 11) is 0. The van der Waals surface area contributed by atoms with Gasteiger partial charge in [-0.15, -0.1) is 0 Å². The first-order valence-corrected chi connectivity index (χ1v) is 7.93. The van der Waals surface area contributed by atoms with Crippen molar-refractivity contribution in [3.63, 3.8) is 0 Å². The Morgan fingerprint density at radius 1 is 1.47 bits per heavy atom. The van der Waals surface area contributed by atoms with E-state index in [0.29, 0.717) is 11.9 Å². The molecule has 3 aliphatic rings. The second kappa shape index (κ2) is 4.16. The fraction of sp³-hybridized carbons (Fsp3) is 0.923. The van der Waals surface area contributed by atoms with Crippen molar-refractivity contribution >= 4 is 17.7 Å². The third-order valence-electron chi connectivity index (χ3n) is 4.45. The highest BCUT2D eigenvalue weighted by molar-refractivity contribution is 7.99. The molecule has 0 aromatic carbocycles. The second-order valence-electron chi connectivity index (χ2n) is 5.66. The summed E-state index contributed by atoms with van der Waals surface area (Å²) >= 11 is 2.06. The van der Waals surface area contributed by atoms with Gasteiger partial charge in [0.05, 0.1) is 11.7 Å². The maximum Gasteiger partial charge on any atom is 0.244 e. The van der Waals surface area contributed by atoms with Crippen molar-refractivity contribution < 1.29 is 4.79 Å². The maximum absolute atomic E-state index is 12.4. The molecule has 1 heterocycles. The van der Waals surface area contributed by atoms with Gasteiger partial charge in [0.15, 0.2) is 0 Å². The smallest absolute Gasteiger partial charge is 0.244 e. The van der Waals surface area contributed by atoms with Crippen LogP contribution in [0.3, 0.4) is 0 Å². The van der Waals surface area contributed by atoms with E-state index in [2.05, 4.69) is 35.8 Å². The largest absolute Gasteiger partial charge is 0.323 e. The van der Waals surface area contributed by atoms with Gasteiger partial charge < -0.3 is 4.90 Å². The molecule has 1 amide bonds. The Morgan fingerprint density at radius 2 is 2.24 bits per heavy atom. The van der Waals surface area contributed by atoms with Crippen molar-refractivity contribution in [2.24, 2.45) is 0 Å². The summed E-state index contributed by atoms with van der Waals surface area (Å²) in [5.41, 5.74) is -0.130. The fourth-order valence-electron chi connectivity index (χ4n) is 3.48. The van der Waals surface area contributed by atoms with Crippen molar-refractivity contribution in [3.05, 3.63) is 0 Å². The molecule has 1 N–H and O–H groups in total. The third-order valence-corrected chi connectivity index (χ3v) is 5.68. The number of amides is 1. The minimum atomic E-state index is -0.130. The van der Waals surface area contributed by atoms with Crippen LogP contribution in [0.25, 0.3) is 0 Å². The lowest BCUT2D eigenvalue weighted by atomic mass is 10.2. The molecule has 3 rings (SSSR count). The standard InChI is InChI=1S/C13H22N2OS/c1-3-17-11-5-4-10(8-11)15-9(2)14-13(6-7-13)12(15)16/h9-11,14H,3-8H2,1-2H3. The number of rotatable bonds is 3. The number of hydrogen-bond acceptors (Lipinski definition) is 3. The van der Waals surface area contributed by atoms with Crippen LogP contribution in [-0.2, 0) is 4.79 Å². The zero-order chi connectivity index (χ0) is 12.0. The Bertz CT molecular complexity index is 329. The van der Waals surface area contributed by atoms with Crippen LogP contribution in [0.15, 0.2) is 0 Å². The van der Waals surface area contributed by atoms with E-state index in [4.69, 9.17) is 0 Å². The maximum atomic E-state index is 12.4. The van der Waals surface area contributed by atoms with Crippen molar-refractivity contribution in [2.45, 2.75) is 68.9 Å². The van der Waals surface area contributed by atoms with Crippen LogP contribution in [0.4, 0.5) is 0 Å². The summed E-state index contributed by atoms with van der Waals surface area (Å²) < 4.78 is 0. The highest BCUT2D eigenvalue weighted by atomic mass is 32.2. The summed E-state index contributed by atoms with van der Waals surface area (Å²) in [6, 6.07) is 0.494. The van der Waals surface area contributed by atoms with Crippen molar-refractivity contribution in [1.82, 2.24) is 10.2 Å². The van der Waals surface area contributed by atoms with Crippen LogP contribution in [0.5, 0.6) is 0 Å². The van der Waals surface area contributed by atoms with E-state index < -0.39 is 0 Å². The molecule has 1 saturated heterocycles. The van der Waals surface area contributed by atoms with Gasteiger partial charge in [-0.3, -0.25) is 10.1 Å². The first kappa shape index (κ1) is 11.8. The van der Waals surface area contributed by atoms with Crippen molar-refractivity contribution in [3.8, 4) is 0 Å². The molecule has 96 valence electrons. The molecular weight excluding hydrogens is 232 g/mol. The van der Waals surface area contributed by atoms with Gasteiger partial charge in [-0.2, -0.15) is 11.8 Å². The molecule has 1 aliphatic heterocycles. The summed E-state index contributed by atoms with van der Waals surface area (Å²) in [6.45, 7) is 4.37. The van der Waals surface area contributed by atoms with Crippen LogP contribution >= 0.6 is 11.8 Å². The first-order chi connectivity index (χ1) is 8.16. The molecule has 0 aromatic heterocycles. The van der Waals surface area contributed by atoms with Crippen LogP contribution in [0.1, 0.15) is 46.0 Å². The predicted octanol–water partition coefficient (Wildman–Crippen LogP) is 1.97. The fourth-order valence-corrected chi connectivity index (χ4v) is 4.61. The predicted molar refractivity (Wildman–Crippen MR) is 71.0 cm³/mol.